The van der Waals surface area contributed by atoms with Crippen LogP contribution < -0.4 is 5.32 Å². The van der Waals surface area contributed by atoms with Crippen LogP contribution in [0.3, 0.4) is 0 Å². The molecule has 1 aliphatic heterocycles. The van der Waals surface area contributed by atoms with Gasteiger partial charge in [0.05, 0.1) is 0 Å². The summed E-state index contributed by atoms with van der Waals surface area (Å²) in [4.78, 5) is 6.92. The Kier molecular flexibility index (Phi) is 3.97. The molecular formula is C17H21N3. The van der Waals surface area contributed by atoms with Gasteiger partial charge in [-0.3, -0.25) is 4.90 Å². The third-order valence-electron chi connectivity index (χ3n) is 3.78. The van der Waals surface area contributed by atoms with Crippen molar-refractivity contribution in [1.29, 1.82) is 0 Å². The molecule has 0 aliphatic carbocycles. The lowest BCUT2D eigenvalue weighted by molar-refractivity contribution is 0.328. The summed E-state index contributed by atoms with van der Waals surface area (Å²) in [5.74, 6) is 0.988. The lowest BCUT2D eigenvalue weighted by atomic mass is 10.2. The number of hydrogen-bond donors (Lipinski definition) is 1. The monoisotopic (exact) mass is 267 g/mol. The van der Waals surface area contributed by atoms with Crippen molar-refractivity contribution >= 4 is 5.82 Å². The molecule has 1 unspecified atom stereocenters. The number of hydrogen-bond acceptors (Lipinski definition) is 3. The van der Waals surface area contributed by atoms with Crippen LogP contribution in [0.1, 0.15) is 17.5 Å². The summed E-state index contributed by atoms with van der Waals surface area (Å²) < 4.78 is 0. The van der Waals surface area contributed by atoms with Crippen LogP contribution in [0.4, 0.5) is 5.82 Å². The van der Waals surface area contributed by atoms with E-state index in [1.54, 1.807) is 0 Å². The van der Waals surface area contributed by atoms with Gasteiger partial charge in [-0.1, -0.05) is 36.4 Å². The number of rotatable bonds is 4. The Morgan fingerprint density at radius 3 is 2.80 bits per heavy atom. The molecule has 3 heteroatoms. The number of anilines is 1. The lowest BCUT2D eigenvalue weighted by Gasteiger charge is -2.17. The fourth-order valence-corrected chi connectivity index (χ4v) is 2.70. The number of aromatic nitrogens is 1. The number of likely N-dealkylation sites (tertiary alicyclic amines) is 1. The molecule has 1 N–H and O–H groups in total. The average Bonchev–Trinajstić information content (AvgIpc) is 2.90. The van der Waals surface area contributed by atoms with Gasteiger partial charge in [0.25, 0.3) is 0 Å². The predicted octanol–water partition coefficient (Wildman–Crippen LogP) is 3.08. The summed E-state index contributed by atoms with van der Waals surface area (Å²) in [6.07, 6.45) is 3.10. The van der Waals surface area contributed by atoms with Crippen LogP contribution >= 0.6 is 0 Å². The molecule has 2 aromatic rings. The zero-order valence-corrected chi connectivity index (χ0v) is 11.9. The van der Waals surface area contributed by atoms with Crippen LogP contribution in [-0.2, 0) is 6.54 Å². The fraction of sp³-hybridized carbons (Fsp3) is 0.353. The molecule has 2 heterocycles. The molecule has 3 nitrogen and oxygen atoms in total. The molecule has 1 fully saturated rings. The standard InChI is InChI=1S/C17H21N3/c1-14-7-8-17(18-11-14)19-16-9-10-20(13-16)12-15-5-3-2-4-6-15/h2-8,11,16H,9-10,12-13H2,1H3,(H,18,19). The van der Waals surface area contributed by atoms with Gasteiger partial charge in [-0.05, 0) is 30.5 Å². The van der Waals surface area contributed by atoms with E-state index in [1.165, 1.54) is 17.5 Å². The number of benzene rings is 1. The average molecular weight is 267 g/mol. The van der Waals surface area contributed by atoms with Crippen molar-refractivity contribution in [2.75, 3.05) is 18.4 Å². The van der Waals surface area contributed by atoms with Crippen LogP contribution in [-0.4, -0.2) is 29.0 Å². The minimum Gasteiger partial charge on any atom is -0.366 e. The van der Waals surface area contributed by atoms with Crippen molar-refractivity contribution in [2.24, 2.45) is 0 Å². The molecule has 1 aromatic carbocycles. The van der Waals surface area contributed by atoms with Gasteiger partial charge < -0.3 is 5.32 Å². The summed E-state index contributed by atoms with van der Waals surface area (Å²) in [5.41, 5.74) is 2.59. The fourth-order valence-electron chi connectivity index (χ4n) is 2.70. The van der Waals surface area contributed by atoms with Gasteiger partial charge in [-0.25, -0.2) is 4.98 Å². The molecular weight excluding hydrogens is 246 g/mol. The van der Waals surface area contributed by atoms with Crippen LogP contribution in [0.5, 0.6) is 0 Å². The topological polar surface area (TPSA) is 28.2 Å². The van der Waals surface area contributed by atoms with Crippen LogP contribution in [0.15, 0.2) is 48.7 Å². The summed E-state index contributed by atoms with van der Waals surface area (Å²) in [5, 5.41) is 3.53. The maximum Gasteiger partial charge on any atom is 0.126 e. The quantitative estimate of drug-likeness (QED) is 0.922. The van der Waals surface area contributed by atoms with Crippen molar-refractivity contribution < 1.29 is 0 Å². The Bertz CT molecular complexity index is 536. The molecule has 1 atom stereocenters. The predicted molar refractivity (Wildman–Crippen MR) is 82.7 cm³/mol. The largest absolute Gasteiger partial charge is 0.366 e. The van der Waals surface area contributed by atoms with Crippen molar-refractivity contribution in [3.8, 4) is 0 Å². The van der Waals surface area contributed by atoms with Crippen LogP contribution in [0.25, 0.3) is 0 Å². The van der Waals surface area contributed by atoms with Gasteiger partial charge in [0, 0.05) is 31.9 Å². The highest BCUT2D eigenvalue weighted by atomic mass is 15.2. The minimum absolute atomic E-state index is 0.508. The second-order valence-corrected chi connectivity index (χ2v) is 5.57. The summed E-state index contributed by atoms with van der Waals surface area (Å²) in [6, 6.07) is 15.4. The molecule has 3 rings (SSSR count). The highest BCUT2D eigenvalue weighted by Gasteiger charge is 2.22. The Morgan fingerprint density at radius 1 is 1.20 bits per heavy atom. The first kappa shape index (κ1) is 13.1. The number of pyridine rings is 1. The van der Waals surface area contributed by atoms with E-state index in [0.717, 1.165) is 25.5 Å². The zero-order valence-electron chi connectivity index (χ0n) is 11.9. The van der Waals surface area contributed by atoms with E-state index in [0.29, 0.717) is 6.04 Å². The maximum absolute atomic E-state index is 4.42. The van der Waals surface area contributed by atoms with Crippen molar-refractivity contribution in [3.63, 3.8) is 0 Å². The van der Waals surface area contributed by atoms with Gasteiger partial charge in [-0.15, -0.1) is 0 Å². The first-order chi connectivity index (χ1) is 9.79. The zero-order chi connectivity index (χ0) is 13.8. The molecule has 1 aliphatic rings. The number of aryl methyl sites for hydroxylation is 1. The van der Waals surface area contributed by atoms with Crippen molar-refractivity contribution in [2.45, 2.75) is 25.9 Å². The maximum atomic E-state index is 4.42. The summed E-state index contributed by atoms with van der Waals surface area (Å²) in [6.45, 7) is 5.34. The van der Waals surface area contributed by atoms with Gasteiger partial charge in [0.2, 0.25) is 0 Å². The van der Waals surface area contributed by atoms with E-state index in [-0.39, 0.29) is 0 Å². The van der Waals surface area contributed by atoms with Gasteiger partial charge in [0.15, 0.2) is 0 Å². The Hall–Kier alpha value is -1.87. The van der Waals surface area contributed by atoms with E-state index in [2.05, 4.69) is 64.6 Å². The van der Waals surface area contributed by atoms with Gasteiger partial charge in [0.1, 0.15) is 5.82 Å². The summed E-state index contributed by atoms with van der Waals surface area (Å²) in [7, 11) is 0. The Morgan fingerprint density at radius 2 is 2.05 bits per heavy atom. The Labute approximate surface area is 120 Å². The molecule has 104 valence electrons. The first-order valence-electron chi connectivity index (χ1n) is 7.25. The smallest absolute Gasteiger partial charge is 0.126 e. The van der Waals surface area contributed by atoms with Crippen LogP contribution in [0.2, 0.25) is 0 Å². The molecule has 0 radical (unpaired) electrons. The lowest BCUT2D eigenvalue weighted by Crippen LogP contribution is -2.26. The number of nitrogens with zero attached hydrogens (tertiary/aromatic N) is 2. The number of nitrogens with one attached hydrogen (secondary N) is 1. The van der Waals surface area contributed by atoms with E-state index in [1.807, 2.05) is 6.20 Å². The van der Waals surface area contributed by atoms with Crippen molar-refractivity contribution in [1.82, 2.24) is 9.88 Å². The second kappa shape index (κ2) is 6.06. The molecule has 0 saturated carbocycles. The third-order valence-corrected chi connectivity index (χ3v) is 3.78. The molecule has 1 aromatic heterocycles. The SMILES string of the molecule is Cc1ccc(NC2CCN(Cc3ccccc3)C2)nc1. The molecule has 0 amide bonds. The Balaban J connectivity index is 1.53. The van der Waals surface area contributed by atoms with E-state index in [9.17, 15) is 0 Å². The highest BCUT2D eigenvalue weighted by Crippen LogP contribution is 2.16. The van der Waals surface area contributed by atoms with Crippen LogP contribution in [0, 0.1) is 6.92 Å². The van der Waals surface area contributed by atoms with Crippen molar-refractivity contribution in [3.05, 3.63) is 59.8 Å². The second-order valence-electron chi connectivity index (χ2n) is 5.57. The highest BCUT2D eigenvalue weighted by molar-refractivity contribution is 5.36. The van der Waals surface area contributed by atoms with E-state index in [4.69, 9.17) is 0 Å². The molecule has 0 spiro atoms. The van der Waals surface area contributed by atoms with Gasteiger partial charge >= 0.3 is 0 Å². The molecule has 1 saturated heterocycles. The minimum atomic E-state index is 0.508. The molecule has 20 heavy (non-hydrogen) atoms. The summed E-state index contributed by atoms with van der Waals surface area (Å²) >= 11 is 0. The van der Waals surface area contributed by atoms with E-state index >= 15 is 0 Å². The first-order valence-corrected chi connectivity index (χ1v) is 7.25. The van der Waals surface area contributed by atoms with E-state index < -0.39 is 0 Å². The van der Waals surface area contributed by atoms with Gasteiger partial charge in [-0.2, -0.15) is 0 Å². The third kappa shape index (κ3) is 3.36. The normalized spacial score (nSPS) is 19.1. The molecule has 0 bridgehead atoms.